The monoisotopic (exact) mass is 644 g/mol. The molecule has 0 spiro atoms. The van der Waals surface area contributed by atoms with Crippen molar-refractivity contribution in [1.29, 1.82) is 0 Å². The molecule has 1 saturated heterocycles. The van der Waals surface area contributed by atoms with Gasteiger partial charge in [0.15, 0.2) is 5.60 Å². The molecule has 1 fully saturated rings. The van der Waals surface area contributed by atoms with Crippen molar-refractivity contribution in [1.82, 2.24) is 4.90 Å². The Morgan fingerprint density at radius 2 is 1.80 bits per heavy atom. The number of carbonyl (C=O) groups is 3. The number of aryl methyl sites for hydroxylation is 1. The number of ether oxygens (including phenoxy) is 3. The number of esters is 1. The predicted octanol–water partition coefficient (Wildman–Crippen LogP) is 7.87. The summed E-state index contributed by atoms with van der Waals surface area (Å²) in [6.07, 6.45) is -3.80. The number of hydrogen-bond acceptors (Lipinski definition) is 6. The summed E-state index contributed by atoms with van der Waals surface area (Å²) in [6.45, 7) is 12.2. The fourth-order valence-electron chi connectivity index (χ4n) is 6.46. The van der Waals surface area contributed by atoms with E-state index in [1.807, 2.05) is 6.07 Å². The van der Waals surface area contributed by atoms with Crippen LogP contribution in [-0.2, 0) is 25.2 Å². The van der Waals surface area contributed by atoms with Crippen LogP contribution in [0.15, 0.2) is 42.0 Å². The molecule has 11 heteroatoms. The van der Waals surface area contributed by atoms with Gasteiger partial charge in [-0.05, 0) is 99.4 Å². The number of anilines is 1. The predicted molar refractivity (Wildman–Crippen MR) is 168 cm³/mol. The van der Waals surface area contributed by atoms with Crippen molar-refractivity contribution in [3.05, 3.63) is 64.2 Å². The van der Waals surface area contributed by atoms with Crippen LogP contribution in [0.5, 0.6) is 5.75 Å². The highest BCUT2D eigenvalue weighted by Gasteiger charge is 2.43. The molecule has 0 N–H and O–H groups in total. The van der Waals surface area contributed by atoms with Gasteiger partial charge in [0.2, 0.25) is 0 Å². The zero-order chi connectivity index (χ0) is 34.4. The number of cyclic esters (lactones) is 1. The van der Waals surface area contributed by atoms with Gasteiger partial charge in [0, 0.05) is 31.8 Å². The molecular weight excluding hydrogens is 601 g/mol. The minimum atomic E-state index is -4.53. The van der Waals surface area contributed by atoms with E-state index in [1.54, 1.807) is 51.1 Å². The second-order valence-corrected chi connectivity index (χ2v) is 13.6. The number of hydrogen-bond donors (Lipinski definition) is 0. The lowest BCUT2D eigenvalue weighted by atomic mass is 9.72. The van der Waals surface area contributed by atoms with Crippen LogP contribution >= 0.6 is 0 Å². The summed E-state index contributed by atoms with van der Waals surface area (Å²) in [5, 5.41) is 0. The van der Waals surface area contributed by atoms with Gasteiger partial charge in [0.05, 0.1) is 18.7 Å². The molecule has 2 atom stereocenters. The van der Waals surface area contributed by atoms with Crippen molar-refractivity contribution in [2.75, 3.05) is 25.6 Å². The van der Waals surface area contributed by atoms with Crippen molar-refractivity contribution in [2.24, 2.45) is 5.41 Å². The highest BCUT2D eigenvalue weighted by atomic mass is 19.4. The maximum atomic E-state index is 13.6. The van der Waals surface area contributed by atoms with Gasteiger partial charge < -0.3 is 19.1 Å². The number of rotatable bonds is 8. The molecule has 8 nitrogen and oxygen atoms in total. The first-order valence-electron chi connectivity index (χ1n) is 15.3. The van der Waals surface area contributed by atoms with Crippen molar-refractivity contribution in [3.8, 4) is 5.75 Å². The number of benzene rings is 2. The van der Waals surface area contributed by atoms with E-state index in [4.69, 9.17) is 14.2 Å². The molecule has 1 heterocycles. The zero-order valence-corrected chi connectivity index (χ0v) is 27.9. The molecule has 2 aliphatic rings. The molecule has 0 unspecified atom stereocenters. The summed E-state index contributed by atoms with van der Waals surface area (Å²) in [7, 11) is 3.17. The van der Waals surface area contributed by atoms with Crippen LogP contribution in [0.25, 0.3) is 5.57 Å². The van der Waals surface area contributed by atoms with Crippen LogP contribution < -0.4 is 9.64 Å². The number of amides is 2. The van der Waals surface area contributed by atoms with Gasteiger partial charge in [-0.3, -0.25) is 14.5 Å². The number of allylic oxidation sites excluding steroid dienone is 1. The van der Waals surface area contributed by atoms with Gasteiger partial charge in [-0.2, -0.15) is 13.2 Å². The minimum Gasteiger partial charge on any atom is -0.496 e. The lowest BCUT2D eigenvalue weighted by Crippen LogP contribution is -2.46. The van der Waals surface area contributed by atoms with Crippen molar-refractivity contribution in [2.45, 2.75) is 91.7 Å². The second-order valence-electron chi connectivity index (χ2n) is 13.6. The molecular formula is C35H43F3N2O6. The molecule has 0 radical (unpaired) electrons. The molecule has 250 valence electrons. The fourth-order valence-corrected chi connectivity index (χ4v) is 6.46. The Balaban J connectivity index is 1.72. The number of halogens is 3. The third-order valence-corrected chi connectivity index (χ3v) is 8.79. The Kier molecular flexibility index (Phi) is 9.58. The molecule has 1 aliphatic carbocycles. The van der Waals surface area contributed by atoms with Crippen LogP contribution in [0, 0.1) is 12.3 Å². The summed E-state index contributed by atoms with van der Waals surface area (Å²) >= 11 is 0. The molecule has 0 bridgehead atoms. The zero-order valence-electron chi connectivity index (χ0n) is 27.9. The Labute approximate surface area is 268 Å². The van der Waals surface area contributed by atoms with Crippen molar-refractivity contribution >= 4 is 29.2 Å². The molecule has 2 aromatic carbocycles. The number of likely N-dealkylation sites (N-methyl/N-ethyl adjacent to an activating group) is 1. The van der Waals surface area contributed by atoms with Crippen LogP contribution in [-0.4, -0.2) is 55.2 Å². The van der Waals surface area contributed by atoms with Gasteiger partial charge in [0.1, 0.15) is 11.9 Å². The van der Waals surface area contributed by atoms with Gasteiger partial charge in [0.25, 0.3) is 5.91 Å². The standard InChI is InChI=1S/C35H43F3N2O6/c1-20-14-23(16-25(15-20)35(36,37)38)30-21(2)40(32(43)45-30)19-24-18-33(4,5)13-12-27(24)28-17-26(10-11-29(28)44-9)39(8)31(42)34(6,7)46-22(3)41/h10-11,14-17,21,30H,12-13,18-19H2,1-9H3/t21-,30-/m0/s1. The highest BCUT2D eigenvalue weighted by Crippen LogP contribution is 2.47. The number of alkyl halides is 3. The third kappa shape index (κ3) is 7.34. The smallest absolute Gasteiger partial charge is 0.416 e. The Morgan fingerprint density at radius 1 is 1.13 bits per heavy atom. The Morgan fingerprint density at radius 3 is 2.41 bits per heavy atom. The van der Waals surface area contributed by atoms with Crippen LogP contribution in [0.2, 0.25) is 0 Å². The highest BCUT2D eigenvalue weighted by molar-refractivity contribution is 6.00. The van der Waals surface area contributed by atoms with E-state index in [9.17, 15) is 27.6 Å². The number of methoxy groups -OCH3 is 1. The van der Waals surface area contributed by atoms with Crippen LogP contribution in [0.4, 0.5) is 23.7 Å². The molecule has 0 saturated carbocycles. The van der Waals surface area contributed by atoms with Crippen LogP contribution in [0.3, 0.4) is 0 Å². The largest absolute Gasteiger partial charge is 0.496 e. The van der Waals surface area contributed by atoms with Gasteiger partial charge in [-0.15, -0.1) is 0 Å². The lowest BCUT2D eigenvalue weighted by Gasteiger charge is -2.36. The van der Waals surface area contributed by atoms with E-state index < -0.39 is 47.5 Å². The second kappa shape index (κ2) is 12.6. The van der Waals surface area contributed by atoms with Gasteiger partial charge >= 0.3 is 18.2 Å². The quantitative estimate of drug-likeness (QED) is 0.272. The molecule has 2 amide bonds. The van der Waals surface area contributed by atoms with Crippen molar-refractivity contribution in [3.63, 3.8) is 0 Å². The van der Waals surface area contributed by atoms with E-state index in [2.05, 4.69) is 13.8 Å². The van der Waals surface area contributed by atoms with E-state index in [0.717, 1.165) is 35.3 Å². The van der Waals surface area contributed by atoms with E-state index >= 15 is 0 Å². The fraction of sp³-hybridized carbons (Fsp3) is 0.514. The average molecular weight is 645 g/mol. The van der Waals surface area contributed by atoms with Gasteiger partial charge in [-0.1, -0.05) is 25.5 Å². The number of carbonyl (C=O) groups excluding carboxylic acids is 3. The van der Waals surface area contributed by atoms with Crippen molar-refractivity contribution < 1.29 is 41.8 Å². The summed E-state index contributed by atoms with van der Waals surface area (Å²) < 4.78 is 57.5. The Hall–Kier alpha value is -4.02. The Bertz CT molecular complexity index is 1560. The third-order valence-electron chi connectivity index (χ3n) is 8.79. The molecule has 4 rings (SSSR count). The van der Waals surface area contributed by atoms with E-state index in [1.165, 1.54) is 25.7 Å². The number of nitrogens with zero attached hydrogens (tertiary/aromatic N) is 2. The maximum absolute atomic E-state index is 13.6. The first-order chi connectivity index (χ1) is 21.2. The summed E-state index contributed by atoms with van der Waals surface area (Å²) in [5.74, 6) is -0.394. The first kappa shape index (κ1) is 34.8. The maximum Gasteiger partial charge on any atom is 0.416 e. The normalized spacial score (nSPS) is 20.0. The first-order valence-corrected chi connectivity index (χ1v) is 15.3. The average Bonchev–Trinajstić information content (AvgIpc) is 3.22. The SMILES string of the molecule is COc1ccc(N(C)C(=O)C(C)(C)OC(C)=O)cc1C1=C(CN2C(=O)O[C@H](c3cc(C)cc(C(F)(F)F)c3)[C@@H]2C)CC(C)(C)CC1. The lowest BCUT2D eigenvalue weighted by molar-refractivity contribution is -0.161. The van der Waals surface area contributed by atoms with E-state index in [-0.39, 0.29) is 12.0 Å². The summed E-state index contributed by atoms with van der Waals surface area (Å²) in [4.78, 5) is 41.2. The summed E-state index contributed by atoms with van der Waals surface area (Å²) in [6, 6.07) is 8.60. The molecule has 1 aliphatic heterocycles. The topological polar surface area (TPSA) is 85.4 Å². The minimum absolute atomic E-state index is 0.0745. The van der Waals surface area contributed by atoms with Gasteiger partial charge in [-0.25, -0.2) is 4.79 Å². The molecule has 0 aromatic heterocycles. The summed E-state index contributed by atoms with van der Waals surface area (Å²) in [5.41, 5.74) is 1.75. The van der Waals surface area contributed by atoms with Crippen LogP contribution in [0.1, 0.15) is 89.2 Å². The van der Waals surface area contributed by atoms with E-state index in [0.29, 0.717) is 35.4 Å². The molecule has 46 heavy (non-hydrogen) atoms. The molecule has 2 aromatic rings.